The lowest BCUT2D eigenvalue weighted by Gasteiger charge is -2.40. The highest BCUT2D eigenvalue weighted by Crippen LogP contribution is 2.41. The molecular weight excluding hydrogens is 272 g/mol. The lowest BCUT2D eigenvalue weighted by atomic mass is 9.69. The smallest absolute Gasteiger partial charge is 0.0827 e. The van der Waals surface area contributed by atoms with Crippen LogP contribution in [0.25, 0.3) is 0 Å². The van der Waals surface area contributed by atoms with E-state index in [0.717, 1.165) is 18.3 Å². The second kappa shape index (κ2) is 8.15. The average Bonchev–Trinajstić information content (AvgIpc) is 2.54. The van der Waals surface area contributed by atoms with Gasteiger partial charge in [-0.1, -0.05) is 64.2 Å². The Balaban J connectivity index is 1.52. The van der Waals surface area contributed by atoms with Crippen LogP contribution in [0.5, 0.6) is 0 Å². The lowest BCUT2D eigenvalue weighted by Crippen LogP contribution is -2.42. The minimum absolute atomic E-state index is 0.362. The molecule has 4 unspecified atom stereocenters. The number of hydrogen-bond acceptors (Lipinski definition) is 2. The Kier molecular flexibility index (Phi) is 6.21. The van der Waals surface area contributed by atoms with Crippen LogP contribution in [0.4, 0.5) is 0 Å². The van der Waals surface area contributed by atoms with Crippen molar-refractivity contribution >= 4 is 0 Å². The second-order valence-corrected chi connectivity index (χ2v) is 8.63. The summed E-state index contributed by atoms with van der Waals surface area (Å²) in [4.78, 5) is 0. The summed E-state index contributed by atoms with van der Waals surface area (Å²) in [6.07, 6.45) is 17.5. The van der Waals surface area contributed by atoms with E-state index in [1.807, 2.05) is 0 Å². The molecule has 3 rings (SSSR count). The number of aliphatic hydroxyl groups is 2. The first-order valence-electron chi connectivity index (χ1n) is 10.1. The monoisotopic (exact) mass is 308 g/mol. The third kappa shape index (κ3) is 4.47. The molecule has 4 atom stereocenters. The van der Waals surface area contributed by atoms with E-state index in [4.69, 9.17) is 0 Å². The molecule has 3 aliphatic rings. The zero-order valence-corrected chi connectivity index (χ0v) is 14.3. The van der Waals surface area contributed by atoms with Crippen molar-refractivity contribution in [3.8, 4) is 0 Å². The second-order valence-electron chi connectivity index (χ2n) is 8.63. The Labute approximate surface area is 136 Å². The van der Waals surface area contributed by atoms with Crippen LogP contribution in [-0.2, 0) is 0 Å². The van der Waals surface area contributed by atoms with Gasteiger partial charge in [0.2, 0.25) is 0 Å². The first-order valence-corrected chi connectivity index (χ1v) is 10.1. The van der Waals surface area contributed by atoms with Crippen molar-refractivity contribution < 1.29 is 10.2 Å². The molecule has 0 aromatic carbocycles. The summed E-state index contributed by atoms with van der Waals surface area (Å²) < 4.78 is 0. The molecule has 0 bridgehead atoms. The first-order chi connectivity index (χ1) is 10.7. The van der Waals surface area contributed by atoms with Gasteiger partial charge in [-0.25, -0.2) is 0 Å². The topological polar surface area (TPSA) is 40.5 Å². The Morgan fingerprint density at radius 1 is 0.591 bits per heavy atom. The molecule has 0 amide bonds. The van der Waals surface area contributed by atoms with Gasteiger partial charge in [0.15, 0.2) is 0 Å². The van der Waals surface area contributed by atoms with Gasteiger partial charge < -0.3 is 10.2 Å². The van der Waals surface area contributed by atoms with Crippen molar-refractivity contribution in [2.24, 2.45) is 23.7 Å². The van der Waals surface area contributed by atoms with E-state index in [0.29, 0.717) is 11.8 Å². The van der Waals surface area contributed by atoms with Crippen LogP contribution in [0.15, 0.2) is 0 Å². The third-order valence-corrected chi connectivity index (χ3v) is 6.84. The van der Waals surface area contributed by atoms with Crippen LogP contribution < -0.4 is 0 Å². The van der Waals surface area contributed by atoms with Crippen LogP contribution in [0.1, 0.15) is 89.9 Å². The van der Waals surface area contributed by atoms with Gasteiger partial charge in [0.1, 0.15) is 0 Å². The highest BCUT2D eigenvalue weighted by molar-refractivity contribution is 4.88. The molecule has 128 valence electrons. The molecule has 22 heavy (non-hydrogen) atoms. The fourth-order valence-electron chi connectivity index (χ4n) is 5.63. The average molecular weight is 309 g/mol. The predicted octanol–water partition coefficient (Wildman–Crippen LogP) is 4.68. The molecule has 0 aliphatic heterocycles. The maximum Gasteiger partial charge on any atom is 0.0827 e. The molecule has 0 heterocycles. The Bertz CT molecular complexity index is 318. The Hall–Kier alpha value is -0.0800. The van der Waals surface area contributed by atoms with Gasteiger partial charge in [-0.3, -0.25) is 0 Å². The zero-order valence-electron chi connectivity index (χ0n) is 14.3. The molecule has 3 fully saturated rings. The summed E-state index contributed by atoms with van der Waals surface area (Å²) in [6, 6.07) is 0. The van der Waals surface area contributed by atoms with E-state index < -0.39 is 12.2 Å². The predicted molar refractivity (Wildman–Crippen MR) is 90.6 cm³/mol. The largest absolute Gasteiger partial charge is 0.390 e. The molecule has 0 spiro atoms. The minimum Gasteiger partial charge on any atom is -0.390 e. The van der Waals surface area contributed by atoms with E-state index in [-0.39, 0.29) is 0 Å². The van der Waals surface area contributed by atoms with Gasteiger partial charge in [0.25, 0.3) is 0 Å². The van der Waals surface area contributed by atoms with Crippen molar-refractivity contribution in [3.05, 3.63) is 0 Å². The normalized spacial score (nSPS) is 39.0. The highest BCUT2D eigenvalue weighted by Gasteiger charge is 2.37. The summed E-state index contributed by atoms with van der Waals surface area (Å²) >= 11 is 0. The zero-order chi connectivity index (χ0) is 15.4. The standard InChI is InChI=1S/C20H36O2/c21-19-14-17(11-15-7-3-1-4-8-15)13-18(20(19)22)12-16-9-5-2-6-10-16/h15-22H,1-14H2. The summed E-state index contributed by atoms with van der Waals surface area (Å²) in [5.41, 5.74) is 0. The molecule has 0 radical (unpaired) electrons. The third-order valence-electron chi connectivity index (χ3n) is 6.84. The fraction of sp³-hybridized carbons (Fsp3) is 1.00. The minimum atomic E-state index is -0.462. The van der Waals surface area contributed by atoms with E-state index in [2.05, 4.69) is 0 Å². The summed E-state index contributed by atoms with van der Waals surface area (Å²) in [7, 11) is 0. The molecule has 0 saturated heterocycles. The van der Waals surface area contributed by atoms with Crippen molar-refractivity contribution in [2.75, 3.05) is 0 Å². The Morgan fingerprint density at radius 2 is 1.14 bits per heavy atom. The molecule has 2 N–H and O–H groups in total. The van der Waals surface area contributed by atoms with Gasteiger partial charge in [-0.2, -0.15) is 0 Å². The van der Waals surface area contributed by atoms with Crippen molar-refractivity contribution in [2.45, 2.75) is 102 Å². The van der Waals surface area contributed by atoms with Crippen LogP contribution in [0, 0.1) is 23.7 Å². The molecule has 3 saturated carbocycles. The van der Waals surface area contributed by atoms with Crippen molar-refractivity contribution in [1.82, 2.24) is 0 Å². The van der Waals surface area contributed by atoms with Crippen LogP contribution in [0.2, 0.25) is 0 Å². The molecule has 2 nitrogen and oxygen atoms in total. The Morgan fingerprint density at radius 3 is 1.73 bits per heavy atom. The van der Waals surface area contributed by atoms with Gasteiger partial charge >= 0.3 is 0 Å². The number of hydrogen-bond donors (Lipinski definition) is 2. The van der Waals surface area contributed by atoms with Crippen molar-refractivity contribution in [3.63, 3.8) is 0 Å². The van der Waals surface area contributed by atoms with E-state index in [1.165, 1.54) is 83.5 Å². The van der Waals surface area contributed by atoms with E-state index in [1.54, 1.807) is 0 Å². The van der Waals surface area contributed by atoms with Crippen molar-refractivity contribution in [1.29, 1.82) is 0 Å². The van der Waals surface area contributed by atoms with E-state index >= 15 is 0 Å². The summed E-state index contributed by atoms with van der Waals surface area (Å²) in [6.45, 7) is 0. The van der Waals surface area contributed by atoms with Gasteiger partial charge in [-0.15, -0.1) is 0 Å². The quantitative estimate of drug-likeness (QED) is 0.792. The van der Waals surface area contributed by atoms with Crippen LogP contribution in [-0.4, -0.2) is 22.4 Å². The number of aliphatic hydroxyl groups excluding tert-OH is 2. The highest BCUT2D eigenvalue weighted by atomic mass is 16.3. The lowest BCUT2D eigenvalue weighted by molar-refractivity contribution is -0.0721. The molecule has 2 heteroatoms. The van der Waals surface area contributed by atoms with Gasteiger partial charge in [0, 0.05) is 0 Å². The maximum atomic E-state index is 10.4. The fourth-order valence-corrected chi connectivity index (χ4v) is 5.63. The van der Waals surface area contributed by atoms with Crippen LogP contribution in [0.3, 0.4) is 0 Å². The summed E-state index contributed by atoms with van der Waals surface area (Å²) in [5, 5.41) is 20.8. The maximum absolute atomic E-state index is 10.4. The molecule has 3 aliphatic carbocycles. The molecular formula is C20H36O2. The number of rotatable bonds is 4. The first kappa shape index (κ1) is 16.8. The van der Waals surface area contributed by atoms with Crippen LogP contribution >= 0.6 is 0 Å². The molecule has 0 aromatic heterocycles. The summed E-state index contributed by atoms with van der Waals surface area (Å²) in [5.74, 6) is 2.74. The van der Waals surface area contributed by atoms with Gasteiger partial charge in [0.05, 0.1) is 12.2 Å². The van der Waals surface area contributed by atoms with E-state index in [9.17, 15) is 10.2 Å². The SMILES string of the molecule is OC1CC(CC2CCCCC2)CC(CC2CCCCC2)C1O. The van der Waals surface area contributed by atoms with Gasteiger partial charge in [-0.05, 0) is 49.4 Å². The molecule has 0 aromatic rings.